The van der Waals surface area contributed by atoms with E-state index in [1.165, 1.54) is 13.8 Å². The van der Waals surface area contributed by atoms with Crippen LogP contribution in [0.25, 0.3) is 0 Å². The van der Waals surface area contributed by atoms with Crippen LogP contribution < -0.4 is 0 Å². The van der Waals surface area contributed by atoms with E-state index in [-0.39, 0.29) is 13.2 Å². The lowest BCUT2D eigenvalue weighted by molar-refractivity contribution is -0.287. The van der Waals surface area contributed by atoms with Crippen molar-refractivity contribution in [1.29, 1.82) is 0 Å². The van der Waals surface area contributed by atoms with Crippen LogP contribution in [-0.2, 0) is 38.0 Å². The van der Waals surface area contributed by atoms with Crippen molar-refractivity contribution in [1.82, 2.24) is 0 Å². The zero-order valence-corrected chi connectivity index (χ0v) is 16.5. The third kappa shape index (κ3) is 8.98. The normalized spacial score (nSPS) is 28.0. The standard InChI is InChI=1S/C18H32O9/c1-5-6-22-7-8-23-9-10-24-18-12(2)16(21)17(26-14(4)20)15(27-18)11-25-13(3)19/h12,15-18,21H,5-11H2,1-4H3/t12-,15?,16?,17-,18+/m0/s1. The van der Waals surface area contributed by atoms with Crippen molar-refractivity contribution >= 4 is 11.9 Å². The lowest BCUT2D eigenvalue weighted by atomic mass is 9.92. The minimum atomic E-state index is -1.02. The zero-order chi connectivity index (χ0) is 20.2. The highest BCUT2D eigenvalue weighted by atomic mass is 16.7. The monoisotopic (exact) mass is 392 g/mol. The molecule has 0 bridgehead atoms. The number of hydrogen-bond donors (Lipinski definition) is 1. The molecule has 1 aliphatic heterocycles. The second-order valence-corrected chi connectivity index (χ2v) is 6.36. The molecule has 5 atom stereocenters. The molecule has 27 heavy (non-hydrogen) atoms. The number of ether oxygens (including phenoxy) is 6. The van der Waals surface area contributed by atoms with Gasteiger partial charge in [0.15, 0.2) is 12.4 Å². The Labute approximate surface area is 160 Å². The molecular weight excluding hydrogens is 360 g/mol. The van der Waals surface area contributed by atoms with Crippen LogP contribution in [0.1, 0.15) is 34.1 Å². The Morgan fingerprint density at radius 2 is 1.63 bits per heavy atom. The number of aliphatic hydroxyl groups is 1. The maximum atomic E-state index is 11.3. The molecule has 1 rings (SSSR count). The first-order valence-electron chi connectivity index (χ1n) is 9.28. The molecule has 9 nitrogen and oxygen atoms in total. The Hall–Kier alpha value is -1.26. The Morgan fingerprint density at radius 3 is 2.22 bits per heavy atom. The van der Waals surface area contributed by atoms with Crippen molar-refractivity contribution < 1.29 is 43.1 Å². The summed E-state index contributed by atoms with van der Waals surface area (Å²) in [5.74, 6) is -1.50. The van der Waals surface area contributed by atoms with E-state index in [4.69, 9.17) is 28.4 Å². The largest absolute Gasteiger partial charge is 0.463 e. The summed E-state index contributed by atoms with van der Waals surface area (Å²) in [6, 6.07) is 0. The van der Waals surface area contributed by atoms with Gasteiger partial charge in [0, 0.05) is 26.4 Å². The van der Waals surface area contributed by atoms with E-state index in [1.54, 1.807) is 6.92 Å². The van der Waals surface area contributed by atoms with E-state index in [2.05, 4.69) is 0 Å². The van der Waals surface area contributed by atoms with Crippen molar-refractivity contribution in [2.24, 2.45) is 5.92 Å². The smallest absolute Gasteiger partial charge is 0.303 e. The van der Waals surface area contributed by atoms with Gasteiger partial charge >= 0.3 is 11.9 Å². The van der Waals surface area contributed by atoms with Gasteiger partial charge in [-0.1, -0.05) is 13.8 Å². The fraction of sp³-hybridized carbons (Fsp3) is 0.889. The van der Waals surface area contributed by atoms with Crippen molar-refractivity contribution in [3.8, 4) is 0 Å². The van der Waals surface area contributed by atoms with Gasteiger partial charge in [-0.2, -0.15) is 0 Å². The van der Waals surface area contributed by atoms with Gasteiger partial charge in [-0.25, -0.2) is 0 Å². The van der Waals surface area contributed by atoms with Gasteiger partial charge in [-0.3, -0.25) is 9.59 Å². The van der Waals surface area contributed by atoms with Gasteiger partial charge in [-0.15, -0.1) is 0 Å². The summed E-state index contributed by atoms with van der Waals surface area (Å²) in [5, 5.41) is 10.5. The van der Waals surface area contributed by atoms with Gasteiger partial charge < -0.3 is 33.5 Å². The van der Waals surface area contributed by atoms with E-state index in [1.807, 2.05) is 6.92 Å². The van der Waals surface area contributed by atoms with E-state index in [0.29, 0.717) is 26.4 Å². The predicted molar refractivity (Wildman–Crippen MR) is 93.9 cm³/mol. The average molecular weight is 392 g/mol. The summed E-state index contributed by atoms with van der Waals surface area (Å²) < 4.78 is 32.3. The summed E-state index contributed by atoms with van der Waals surface area (Å²) in [6.45, 7) is 8.42. The van der Waals surface area contributed by atoms with Crippen LogP contribution in [0, 0.1) is 5.92 Å². The van der Waals surface area contributed by atoms with Crippen LogP contribution in [0.5, 0.6) is 0 Å². The summed E-state index contributed by atoms with van der Waals surface area (Å²) >= 11 is 0. The Kier molecular flexibility index (Phi) is 11.5. The molecule has 0 aromatic carbocycles. The zero-order valence-electron chi connectivity index (χ0n) is 16.5. The van der Waals surface area contributed by atoms with Crippen molar-refractivity contribution in [3.63, 3.8) is 0 Å². The first kappa shape index (κ1) is 23.8. The summed E-state index contributed by atoms with van der Waals surface area (Å²) in [5.41, 5.74) is 0. The maximum Gasteiger partial charge on any atom is 0.303 e. The van der Waals surface area contributed by atoms with Crippen LogP contribution in [0.15, 0.2) is 0 Å². The molecule has 0 aliphatic carbocycles. The number of carbonyl (C=O) groups is 2. The van der Waals surface area contributed by atoms with Gasteiger partial charge in [0.2, 0.25) is 0 Å². The van der Waals surface area contributed by atoms with E-state index >= 15 is 0 Å². The van der Waals surface area contributed by atoms with Crippen LogP contribution >= 0.6 is 0 Å². The molecule has 0 saturated carbocycles. The van der Waals surface area contributed by atoms with Crippen LogP contribution in [0.3, 0.4) is 0 Å². The van der Waals surface area contributed by atoms with Crippen molar-refractivity contribution in [2.45, 2.75) is 58.7 Å². The van der Waals surface area contributed by atoms with Crippen molar-refractivity contribution in [2.75, 3.05) is 39.6 Å². The molecular formula is C18H32O9. The molecule has 1 saturated heterocycles. The van der Waals surface area contributed by atoms with E-state index in [9.17, 15) is 14.7 Å². The Morgan fingerprint density at radius 1 is 1.00 bits per heavy atom. The van der Waals surface area contributed by atoms with E-state index < -0.39 is 42.5 Å². The Balaban J connectivity index is 2.47. The van der Waals surface area contributed by atoms with E-state index in [0.717, 1.165) is 6.42 Å². The molecule has 0 spiro atoms. The number of esters is 2. The quantitative estimate of drug-likeness (QED) is 0.378. The summed E-state index contributed by atoms with van der Waals surface area (Å²) in [6.07, 6.45) is -2.56. The second-order valence-electron chi connectivity index (χ2n) is 6.36. The Bertz CT molecular complexity index is 443. The maximum absolute atomic E-state index is 11.3. The van der Waals surface area contributed by atoms with Crippen LogP contribution in [-0.4, -0.2) is 81.3 Å². The number of rotatable bonds is 12. The molecule has 1 N–H and O–H groups in total. The summed E-state index contributed by atoms with van der Waals surface area (Å²) in [4.78, 5) is 22.4. The minimum Gasteiger partial charge on any atom is -0.463 e. The highest BCUT2D eigenvalue weighted by Crippen LogP contribution is 2.29. The van der Waals surface area contributed by atoms with Crippen LogP contribution in [0.4, 0.5) is 0 Å². The lowest BCUT2D eigenvalue weighted by Gasteiger charge is -2.42. The molecule has 0 radical (unpaired) electrons. The molecule has 2 unspecified atom stereocenters. The molecule has 0 amide bonds. The first-order valence-corrected chi connectivity index (χ1v) is 9.28. The third-order valence-electron chi connectivity index (χ3n) is 3.96. The number of aliphatic hydroxyl groups excluding tert-OH is 1. The SMILES string of the molecule is CCCOCCOCCO[C@@H]1OC(COC(C)=O)[C@H](OC(C)=O)C(O)[C@@H]1C. The highest BCUT2D eigenvalue weighted by molar-refractivity contribution is 5.66. The van der Waals surface area contributed by atoms with Gasteiger partial charge in [0.25, 0.3) is 0 Å². The molecule has 1 heterocycles. The molecule has 9 heteroatoms. The highest BCUT2D eigenvalue weighted by Gasteiger charge is 2.46. The molecule has 0 aromatic rings. The average Bonchev–Trinajstić information content (AvgIpc) is 2.61. The van der Waals surface area contributed by atoms with Crippen LogP contribution in [0.2, 0.25) is 0 Å². The molecule has 158 valence electrons. The third-order valence-corrected chi connectivity index (χ3v) is 3.96. The van der Waals surface area contributed by atoms with Gasteiger partial charge in [-0.05, 0) is 6.42 Å². The lowest BCUT2D eigenvalue weighted by Crippen LogP contribution is -2.57. The van der Waals surface area contributed by atoms with Crippen molar-refractivity contribution in [3.05, 3.63) is 0 Å². The number of hydrogen-bond acceptors (Lipinski definition) is 9. The van der Waals surface area contributed by atoms with Gasteiger partial charge in [0.05, 0.1) is 26.4 Å². The van der Waals surface area contributed by atoms with Gasteiger partial charge in [0.1, 0.15) is 18.8 Å². The fourth-order valence-electron chi connectivity index (χ4n) is 2.61. The second kappa shape index (κ2) is 13.0. The summed E-state index contributed by atoms with van der Waals surface area (Å²) in [7, 11) is 0. The molecule has 1 fully saturated rings. The number of carbonyl (C=O) groups excluding carboxylic acids is 2. The molecule has 0 aromatic heterocycles. The topological polar surface area (TPSA) is 110 Å². The predicted octanol–water partition coefficient (Wildman–Crippen LogP) is 0.663. The first-order chi connectivity index (χ1) is 12.9. The minimum absolute atomic E-state index is 0.151. The molecule has 1 aliphatic rings. The fourth-order valence-corrected chi connectivity index (χ4v) is 2.61.